The van der Waals surface area contributed by atoms with Gasteiger partial charge in [0.2, 0.25) is 11.1 Å². The number of hydrogen-bond acceptors (Lipinski definition) is 6. The molecule has 33 heavy (non-hydrogen) atoms. The van der Waals surface area contributed by atoms with Gasteiger partial charge in [0.15, 0.2) is 0 Å². The fourth-order valence-electron chi connectivity index (χ4n) is 3.21. The van der Waals surface area contributed by atoms with E-state index in [-0.39, 0.29) is 5.91 Å². The molecular weight excluding hydrogens is 432 g/mol. The van der Waals surface area contributed by atoms with Crippen molar-refractivity contribution in [3.8, 4) is 28.3 Å². The molecule has 0 aliphatic rings. The maximum absolute atomic E-state index is 12.7. The predicted octanol–water partition coefficient (Wildman–Crippen LogP) is 5.72. The normalized spacial score (nSPS) is 11.6. The third-order valence-corrected chi connectivity index (χ3v) is 5.80. The molecule has 4 aromatic rings. The number of benzene rings is 3. The van der Waals surface area contributed by atoms with Gasteiger partial charge in [0, 0.05) is 16.8 Å². The zero-order valence-electron chi connectivity index (χ0n) is 18.4. The Balaban J connectivity index is 1.53. The van der Waals surface area contributed by atoms with E-state index in [4.69, 9.17) is 9.72 Å². The molecule has 1 unspecified atom stereocenters. The number of carbonyl (C=O) groups excluding carboxylic acids is 1. The summed E-state index contributed by atoms with van der Waals surface area (Å²) in [5, 5.41) is 11.7. The van der Waals surface area contributed by atoms with Crippen molar-refractivity contribution in [1.29, 1.82) is 0 Å². The second kappa shape index (κ2) is 10.7. The topological polar surface area (TPSA) is 77.0 Å². The second-order valence-electron chi connectivity index (χ2n) is 7.23. The third-order valence-electron chi connectivity index (χ3n) is 4.85. The number of nitrogens with one attached hydrogen (secondary N) is 1. The van der Waals surface area contributed by atoms with Gasteiger partial charge in [0.05, 0.1) is 11.9 Å². The summed E-state index contributed by atoms with van der Waals surface area (Å²) in [5.74, 6) is 0.630. The molecule has 6 nitrogen and oxygen atoms in total. The quantitative estimate of drug-likeness (QED) is 0.342. The van der Waals surface area contributed by atoms with Crippen molar-refractivity contribution in [2.45, 2.75) is 24.3 Å². The van der Waals surface area contributed by atoms with Crippen molar-refractivity contribution in [3.63, 3.8) is 0 Å². The van der Waals surface area contributed by atoms with Crippen molar-refractivity contribution in [1.82, 2.24) is 15.2 Å². The van der Waals surface area contributed by atoms with Gasteiger partial charge in [-0.25, -0.2) is 4.98 Å². The molecule has 0 bridgehead atoms. The molecule has 0 saturated heterocycles. The van der Waals surface area contributed by atoms with Gasteiger partial charge in [-0.2, -0.15) is 0 Å². The lowest BCUT2D eigenvalue weighted by atomic mass is 10.0. The highest BCUT2D eigenvalue weighted by Crippen LogP contribution is 2.30. The number of nitrogens with zero attached hydrogens (tertiary/aromatic N) is 3. The Morgan fingerprint density at radius 1 is 0.879 bits per heavy atom. The van der Waals surface area contributed by atoms with Gasteiger partial charge in [-0.3, -0.25) is 4.79 Å². The summed E-state index contributed by atoms with van der Waals surface area (Å²) in [6, 6.07) is 27.0. The highest BCUT2D eigenvalue weighted by molar-refractivity contribution is 8.00. The molecule has 0 aliphatic heterocycles. The number of anilines is 1. The van der Waals surface area contributed by atoms with Crippen LogP contribution in [0.4, 0.5) is 5.69 Å². The molecule has 1 aromatic heterocycles. The number of ether oxygens (including phenoxy) is 1. The van der Waals surface area contributed by atoms with E-state index in [1.807, 2.05) is 98.8 Å². The van der Waals surface area contributed by atoms with Gasteiger partial charge in [0.25, 0.3) is 0 Å². The van der Waals surface area contributed by atoms with Crippen molar-refractivity contribution < 1.29 is 9.53 Å². The van der Waals surface area contributed by atoms with Crippen molar-refractivity contribution in [2.75, 3.05) is 11.9 Å². The maximum atomic E-state index is 12.7. The minimum atomic E-state index is -0.412. The fraction of sp³-hybridized carbons (Fsp3) is 0.154. The number of aromatic nitrogens is 3. The van der Waals surface area contributed by atoms with E-state index in [1.54, 1.807) is 0 Å². The van der Waals surface area contributed by atoms with E-state index in [9.17, 15) is 4.79 Å². The van der Waals surface area contributed by atoms with Gasteiger partial charge < -0.3 is 10.1 Å². The molecule has 0 aliphatic carbocycles. The Morgan fingerprint density at radius 3 is 2.09 bits per heavy atom. The summed E-state index contributed by atoms with van der Waals surface area (Å²) in [5.41, 5.74) is 4.03. The summed E-state index contributed by atoms with van der Waals surface area (Å²) >= 11 is 1.27. The molecule has 0 fully saturated rings. The van der Waals surface area contributed by atoms with Gasteiger partial charge in [-0.1, -0.05) is 72.4 Å². The summed E-state index contributed by atoms with van der Waals surface area (Å²) in [6.07, 6.45) is 0. The van der Waals surface area contributed by atoms with Crippen LogP contribution in [-0.4, -0.2) is 32.9 Å². The van der Waals surface area contributed by atoms with E-state index >= 15 is 0 Å². The number of hydrogen-bond donors (Lipinski definition) is 1. The largest absolute Gasteiger partial charge is 0.494 e. The first-order valence-corrected chi connectivity index (χ1v) is 11.6. The summed E-state index contributed by atoms with van der Waals surface area (Å²) in [6.45, 7) is 4.35. The van der Waals surface area contributed by atoms with E-state index in [0.29, 0.717) is 23.1 Å². The number of carbonyl (C=O) groups is 1. The lowest BCUT2D eigenvalue weighted by molar-refractivity contribution is -0.115. The van der Waals surface area contributed by atoms with Crippen LogP contribution in [0, 0.1) is 0 Å². The predicted molar refractivity (Wildman–Crippen MR) is 132 cm³/mol. The van der Waals surface area contributed by atoms with Crippen molar-refractivity contribution in [3.05, 3.63) is 84.9 Å². The average molecular weight is 457 g/mol. The highest BCUT2D eigenvalue weighted by atomic mass is 32.2. The van der Waals surface area contributed by atoms with Crippen LogP contribution in [0.15, 0.2) is 90.1 Å². The van der Waals surface area contributed by atoms with E-state index in [2.05, 4.69) is 15.5 Å². The van der Waals surface area contributed by atoms with Crippen LogP contribution in [0.1, 0.15) is 13.8 Å². The molecular formula is C26H24N4O2S. The Labute approximate surface area is 197 Å². The maximum Gasteiger partial charge on any atom is 0.237 e. The average Bonchev–Trinajstić information content (AvgIpc) is 2.86. The molecule has 0 radical (unpaired) electrons. The lowest BCUT2D eigenvalue weighted by Gasteiger charge is -2.13. The molecule has 166 valence electrons. The Bertz CT molecular complexity index is 1200. The molecule has 3 aromatic carbocycles. The van der Waals surface area contributed by atoms with Crippen LogP contribution in [0.3, 0.4) is 0 Å². The minimum Gasteiger partial charge on any atom is -0.494 e. The molecule has 1 amide bonds. The fourth-order valence-corrected chi connectivity index (χ4v) is 3.92. The smallest absolute Gasteiger partial charge is 0.237 e. The molecule has 1 N–H and O–H groups in total. The standard InChI is InChI=1S/C26H24N4O2S/c1-3-32-22-16-14-21(15-17-22)27-25(31)18(2)33-26-28-23(19-10-6-4-7-11-19)24(29-30-26)20-12-8-5-9-13-20/h4-18H,3H2,1-2H3,(H,27,31). The highest BCUT2D eigenvalue weighted by Gasteiger charge is 2.19. The summed E-state index contributed by atoms with van der Waals surface area (Å²) in [4.78, 5) is 17.5. The molecule has 4 rings (SSSR count). The van der Waals surface area contributed by atoms with Crippen molar-refractivity contribution >= 4 is 23.4 Å². The molecule has 1 heterocycles. The van der Waals surface area contributed by atoms with E-state index in [0.717, 1.165) is 22.6 Å². The Kier molecular flexibility index (Phi) is 7.32. The SMILES string of the molecule is CCOc1ccc(NC(=O)C(C)Sc2nnc(-c3ccccc3)c(-c3ccccc3)n2)cc1. The zero-order chi connectivity index (χ0) is 23.0. The van der Waals surface area contributed by atoms with Gasteiger partial charge >= 0.3 is 0 Å². The minimum absolute atomic E-state index is 0.138. The van der Waals surface area contributed by atoms with E-state index in [1.165, 1.54) is 11.8 Å². The first-order valence-electron chi connectivity index (χ1n) is 10.7. The van der Waals surface area contributed by atoms with Crippen LogP contribution in [-0.2, 0) is 4.79 Å². The van der Waals surface area contributed by atoms with Crippen LogP contribution >= 0.6 is 11.8 Å². The first-order chi connectivity index (χ1) is 16.1. The van der Waals surface area contributed by atoms with Gasteiger partial charge in [-0.15, -0.1) is 10.2 Å². The number of thioether (sulfide) groups is 1. The first kappa shape index (κ1) is 22.5. The van der Waals surface area contributed by atoms with Gasteiger partial charge in [-0.05, 0) is 38.1 Å². The molecule has 7 heteroatoms. The number of rotatable bonds is 8. The second-order valence-corrected chi connectivity index (χ2v) is 8.54. The third kappa shape index (κ3) is 5.75. The van der Waals surface area contributed by atoms with Crippen LogP contribution in [0.25, 0.3) is 22.5 Å². The molecule has 0 spiro atoms. The number of amides is 1. The Morgan fingerprint density at radius 2 is 1.48 bits per heavy atom. The van der Waals surface area contributed by atoms with Crippen molar-refractivity contribution in [2.24, 2.45) is 0 Å². The molecule has 1 atom stereocenters. The Hall–Kier alpha value is -3.71. The van der Waals surface area contributed by atoms with Gasteiger partial charge in [0.1, 0.15) is 17.1 Å². The molecule has 0 saturated carbocycles. The summed E-state index contributed by atoms with van der Waals surface area (Å²) in [7, 11) is 0. The summed E-state index contributed by atoms with van der Waals surface area (Å²) < 4.78 is 5.44. The van der Waals surface area contributed by atoms with Crippen LogP contribution in [0.5, 0.6) is 5.75 Å². The monoisotopic (exact) mass is 456 g/mol. The van der Waals surface area contributed by atoms with E-state index < -0.39 is 5.25 Å². The van der Waals surface area contributed by atoms with Crippen LogP contribution in [0.2, 0.25) is 0 Å². The van der Waals surface area contributed by atoms with Crippen LogP contribution < -0.4 is 10.1 Å². The zero-order valence-corrected chi connectivity index (χ0v) is 19.3. The lowest BCUT2D eigenvalue weighted by Crippen LogP contribution is -2.22.